The lowest BCUT2D eigenvalue weighted by molar-refractivity contribution is -0.153. The Hall–Kier alpha value is -3.24. The number of alkyl halides is 3. The average Bonchev–Trinajstić information content (AvgIpc) is 3.02. The van der Waals surface area contributed by atoms with Gasteiger partial charge in [0, 0.05) is 26.6 Å². The molecule has 3 rings (SSSR count). The molecule has 1 unspecified atom stereocenters. The third-order valence-corrected chi connectivity index (χ3v) is 4.57. The van der Waals surface area contributed by atoms with Crippen LogP contribution in [0.4, 0.5) is 13.2 Å². The maximum atomic E-state index is 13.1. The van der Waals surface area contributed by atoms with Gasteiger partial charge in [0.1, 0.15) is 5.54 Å². The van der Waals surface area contributed by atoms with Crippen LogP contribution in [0.25, 0.3) is 0 Å². The van der Waals surface area contributed by atoms with Gasteiger partial charge < -0.3 is 10.2 Å². The molecule has 1 amide bonds. The van der Waals surface area contributed by atoms with Crippen LogP contribution < -0.4 is 5.73 Å². The Morgan fingerprint density at radius 1 is 1.41 bits per heavy atom. The number of aromatic nitrogens is 2. The lowest BCUT2D eigenvalue weighted by Gasteiger charge is -2.32. The first-order chi connectivity index (χ1) is 13.4. The number of aryl methyl sites for hydroxylation is 1. The van der Waals surface area contributed by atoms with Gasteiger partial charge in [0.05, 0.1) is 12.1 Å². The van der Waals surface area contributed by atoms with Crippen LogP contribution in [0.15, 0.2) is 27.7 Å². The van der Waals surface area contributed by atoms with Gasteiger partial charge in [-0.1, -0.05) is 0 Å². The molecule has 0 fully saturated rings. The predicted octanol–water partition coefficient (Wildman–Crippen LogP) is 2.21. The molecule has 2 aromatic heterocycles. The molecule has 2 N–H and O–H groups in total. The van der Waals surface area contributed by atoms with Crippen molar-refractivity contribution in [2.24, 2.45) is 10.7 Å². The van der Waals surface area contributed by atoms with Crippen molar-refractivity contribution in [2.45, 2.75) is 38.4 Å². The Balaban J connectivity index is 1.90. The number of aliphatic imine (C=N–C) groups is 1. The highest BCUT2D eigenvalue weighted by Gasteiger charge is 2.41. The Morgan fingerprint density at radius 2 is 2.10 bits per heavy atom. The molecule has 3 heterocycles. The van der Waals surface area contributed by atoms with Crippen molar-refractivity contribution in [1.82, 2.24) is 14.9 Å². The number of Topliss-reactive ketones (excluding diaryl/α,β-unsaturated/α-hetero) is 1. The van der Waals surface area contributed by atoms with Crippen molar-refractivity contribution < 1.29 is 27.2 Å². The van der Waals surface area contributed by atoms with Gasteiger partial charge in [-0.25, -0.2) is 9.98 Å². The maximum Gasteiger partial charge on any atom is 0.452 e. The molecule has 154 valence electrons. The van der Waals surface area contributed by atoms with Crippen molar-refractivity contribution in [3.05, 3.63) is 46.9 Å². The van der Waals surface area contributed by atoms with E-state index in [1.54, 1.807) is 6.92 Å². The number of pyridine rings is 1. The zero-order valence-corrected chi connectivity index (χ0v) is 15.9. The first kappa shape index (κ1) is 20.5. The summed E-state index contributed by atoms with van der Waals surface area (Å²) in [5.41, 5.74) is 4.74. The highest BCUT2D eigenvalue weighted by molar-refractivity contribution is 5.99. The van der Waals surface area contributed by atoms with Crippen LogP contribution in [-0.2, 0) is 22.9 Å². The summed E-state index contributed by atoms with van der Waals surface area (Å²) < 4.78 is 43.8. The number of nitrogens with two attached hydrogens (primary N) is 1. The van der Waals surface area contributed by atoms with E-state index in [0.717, 1.165) is 0 Å². The summed E-state index contributed by atoms with van der Waals surface area (Å²) in [6.07, 6.45) is -3.77. The van der Waals surface area contributed by atoms with Gasteiger partial charge in [-0.05, 0) is 24.6 Å². The first-order valence-electron chi connectivity index (χ1n) is 8.56. The van der Waals surface area contributed by atoms with E-state index in [-0.39, 0.29) is 30.6 Å². The Kier molecular flexibility index (Phi) is 4.93. The number of rotatable bonds is 4. The molecule has 0 saturated carbocycles. The summed E-state index contributed by atoms with van der Waals surface area (Å²) in [5, 5.41) is 0. The van der Waals surface area contributed by atoms with Gasteiger partial charge in [-0.15, -0.1) is 0 Å². The van der Waals surface area contributed by atoms with Crippen LogP contribution in [0.1, 0.15) is 46.7 Å². The zero-order chi connectivity index (χ0) is 21.6. The van der Waals surface area contributed by atoms with Crippen molar-refractivity contribution in [1.29, 1.82) is 0 Å². The molecule has 1 aliphatic rings. The largest absolute Gasteiger partial charge is 0.452 e. The quantitative estimate of drug-likeness (QED) is 0.775. The molecule has 0 aliphatic carbocycles. The minimum atomic E-state index is -4.83. The van der Waals surface area contributed by atoms with Crippen LogP contribution in [0, 0.1) is 6.92 Å². The molecule has 8 nitrogen and oxygen atoms in total. The van der Waals surface area contributed by atoms with E-state index in [9.17, 15) is 22.8 Å². The van der Waals surface area contributed by atoms with Crippen molar-refractivity contribution >= 4 is 17.6 Å². The number of hydrogen-bond acceptors (Lipinski definition) is 7. The van der Waals surface area contributed by atoms with Crippen LogP contribution >= 0.6 is 0 Å². The number of carbonyl (C=O) groups excluding carboxylic acids is 2. The molecule has 0 saturated heterocycles. The van der Waals surface area contributed by atoms with Crippen molar-refractivity contribution in [3.63, 3.8) is 0 Å². The van der Waals surface area contributed by atoms with Crippen molar-refractivity contribution in [3.8, 4) is 0 Å². The molecule has 2 aromatic rings. The number of oxazole rings is 1. The average molecular weight is 409 g/mol. The van der Waals surface area contributed by atoms with Gasteiger partial charge in [0.2, 0.25) is 11.7 Å². The van der Waals surface area contributed by atoms with Gasteiger partial charge in [0.25, 0.3) is 0 Å². The Bertz CT molecular complexity index is 1010. The number of guanidine groups is 1. The smallest absolute Gasteiger partial charge is 0.436 e. The Morgan fingerprint density at radius 3 is 2.72 bits per heavy atom. The predicted molar refractivity (Wildman–Crippen MR) is 94.9 cm³/mol. The van der Waals surface area contributed by atoms with Crippen LogP contribution in [0.2, 0.25) is 0 Å². The van der Waals surface area contributed by atoms with Crippen LogP contribution in [0.5, 0.6) is 0 Å². The third kappa shape index (κ3) is 3.98. The van der Waals surface area contributed by atoms with E-state index >= 15 is 0 Å². The fraction of sp³-hybridized carbons (Fsp3) is 0.389. The second-order valence-corrected chi connectivity index (χ2v) is 6.93. The molecule has 0 bridgehead atoms. The summed E-state index contributed by atoms with van der Waals surface area (Å²) in [5.74, 6) is -2.74. The van der Waals surface area contributed by atoms with E-state index in [1.807, 2.05) is 0 Å². The minimum Gasteiger partial charge on any atom is -0.436 e. The number of hydrogen-bond donors (Lipinski definition) is 1. The number of carbonyl (C=O) groups is 2. The van der Waals surface area contributed by atoms with E-state index in [0.29, 0.717) is 11.3 Å². The number of ketones is 1. The summed E-state index contributed by atoms with van der Waals surface area (Å²) in [6, 6.07) is 3.02. The molecule has 29 heavy (non-hydrogen) atoms. The molecule has 1 atom stereocenters. The highest BCUT2D eigenvalue weighted by Crippen LogP contribution is 2.34. The minimum absolute atomic E-state index is 0.00923. The molecule has 0 radical (unpaired) electrons. The summed E-state index contributed by atoms with van der Waals surface area (Å²) in [6.45, 7) is 2.90. The Labute approximate surface area is 163 Å². The second-order valence-electron chi connectivity index (χ2n) is 6.93. The van der Waals surface area contributed by atoms with Gasteiger partial charge >= 0.3 is 6.18 Å². The maximum absolute atomic E-state index is 13.1. The molecule has 0 spiro atoms. The molecule has 11 heteroatoms. The normalized spacial score (nSPS) is 20.0. The number of amides is 1. The highest BCUT2D eigenvalue weighted by atomic mass is 19.4. The fourth-order valence-corrected chi connectivity index (χ4v) is 3.01. The third-order valence-electron chi connectivity index (χ3n) is 4.57. The monoisotopic (exact) mass is 409 g/mol. The fourth-order valence-electron chi connectivity index (χ4n) is 3.01. The number of nitrogens with zero attached hydrogens (tertiary/aromatic N) is 4. The lowest BCUT2D eigenvalue weighted by Crippen LogP contribution is -2.47. The van der Waals surface area contributed by atoms with E-state index < -0.39 is 29.0 Å². The van der Waals surface area contributed by atoms with Crippen LogP contribution in [-0.4, -0.2) is 39.6 Å². The van der Waals surface area contributed by atoms with E-state index in [1.165, 1.54) is 37.2 Å². The molecule has 0 aromatic carbocycles. The first-order valence-corrected chi connectivity index (χ1v) is 8.56. The molecular weight excluding hydrogens is 391 g/mol. The second kappa shape index (κ2) is 6.98. The lowest BCUT2D eigenvalue weighted by atomic mass is 9.90. The molecular formula is C18H18F3N5O3. The standard InChI is InChI=1S/C18H18F3N5O3/c1-9-24-14(15(29-9)18(19,20)21)11(27)6-10-4-5-23-12(7-10)17(2)8-13(28)26(3)16(22)25-17/h4-5,7H,6,8H2,1-3H3,(H2,22,25). The summed E-state index contributed by atoms with van der Waals surface area (Å²) in [4.78, 5) is 37.9. The topological polar surface area (TPSA) is 115 Å². The van der Waals surface area contributed by atoms with Gasteiger partial charge in [-0.3, -0.25) is 19.5 Å². The van der Waals surface area contributed by atoms with Gasteiger partial charge in [-0.2, -0.15) is 13.2 Å². The summed E-state index contributed by atoms with van der Waals surface area (Å²) in [7, 11) is 1.50. The van der Waals surface area contributed by atoms with Gasteiger partial charge in [0.15, 0.2) is 23.3 Å². The van der Waals surface area contributed by atoms with E-state index in [2.05, 4.69) is 19.4 Å². The molecule has 1 aliphatic heterocycles. The van der Waals surface area contributed by atoms with E-state index in [4.69, 9.17) is 5.73 Å². The zero-order valence-electron chi connectivity index (χ0n) is 15.9. The summed E-state index contributed by atoms with van der Waals surface area (Å²) >= 11 is 0. The SMILES string of the molecule is Cc1nc(C(=O)Cc2ccnc(C3(C)CC(=O)N(C)C(N)=N3)c2)c(C(F)(F)F)o1. The number of halogens is 3. The van der Waals surface area contributed by atoms with Crippen molar-refractivity contribution in [2.75, 3.05) is 7.05 Å². The van der Waals surface area contributed by atoms with Crippen LogP contribution in [0.3, 0.4) is 0 Å².